The lowest BCUT2D eigenvalue weighted by molar-refractivity contribution is 0.473. The molecule has 0 spiro atoms. The molecule has 0 aromatic heterocycles. The summed E-state index contributed by atoms with van der Waals surface area (Å²) in [6.45, 7) is 3.96. The molecule has 0 saturated heterocycles. The molecule has 0 aliphatic carbocycles. The molecule has 0 amide bonds. The lowest BCUT2D eigenvalue weighted by Crippen LogP contribution is -2.05. The Kier molecular flexibility index (Phi) is 2.23. The van der Waals surface area contributed by atoms with Crippen LogP contribution >= 0.6 is 0 Å². The number of phenols is 1. The van der Waals surface area contributed by atoms with Crippen LogP contribution in [0.1, 0.15) is 18.1 Å². The molecule has 0 aliphatic heterocycles. The first kappa shape index (κ1) is 8.18. The Morgan fingerprint density at radius 1 is 1.45 bits per heavy atom. The Morgan fingerprint density at radius 3 is 2.64 bits per heavy atom. The standard InChI is InChI=1S/C9H11BO/c1-3-7-4-6(2)5-8(10)9(7)11/h4-5,11H,3H2,1-2H3. The maximum absolute atomic E-state index is 9.40. The molecule has 0 aliphatic rings. The van der Waals surface area contributed by atoms with Gasteiger partial charge in [-0.1, -0.05) is 30.1 Å². The van der Waals surface area contributed by atoms with E-state index in [-0.39, 0.29) is 5.75 Å². The van der Waals surface area contributed by atoms with Gasteiger partial charge in [0.15, 0.2) is 0 Å². The van der Waals surface area contributed by atoms with E-state index in [0.717, 1.165) is 17.5 Å². The van der Waals surface area contributed by atoms with Crippen molar-refractivity contribution < 1.29 is 5.11 Å². The van der Waals surface area contributed by atoms with E-state index in [2.05, 4.69) is 0 Å². The van der Waals surface area contributed by atoms with Gasteiger partial charge in [-0.05, 0) is 18.9 Å². The minimum absolute atomic E-state index is 0.234. The van der Waals surface area contributed by atoms with Gasteiger partial charge in [-0.15, -0.1) is 0 Å². The number of hydrogen-bond donors (Lipinski definition) is 1. The Hall–Kier alpha value is -0.915. The van der Waals surface area contributed by atoms with Gasteiger partial charge in [0.25, 0.3) is 0 Å². The van der Waals surface area contributed by atoms with Gasteiger partial charge in [0.2, 0.25) is 0 Å². The molecule has 11 heavy (non-hydrogen) atoms. The third kappa shape index (κ3) is 1.56. The van der Waals surface area contributed by atoms with Gasteiger partial charge in [0, 0.05) is 0 Å². The van der Waals surface area contributed by atoms with Gasteiger partial charge < -0.3 is 5.11 Å². The SMILES string of the molecule is [B]c1cc(C)cc(CC)c1O. The molecule has 0 atom stereocenters. The van der Waals surface area contributed by atoms with Crippen molar-refractivity contribution >= 4 is 13.3 Å². The summed E-state index contributed by atoms with van der Waals surface area (Å²) in [6.07, 6.45) is 0.817. The number of rotatable bonds is 1. The van der Waals surface area contributed by atoms with Crippen molar-refractivity contribution in [1.29, 1.82) is 0 Å². The number of aryl methyl sites for hydroxylation is 2. The van der Waals surface area contributed by atoms with E-state index in [9.17, 15) is 5.11 Å². The van der Waals surface area contributed by atoms with E-state index in [0.29, 0.717) is 5.46 Å². The molecular formula is C9H11BO. The highest BCUT2D eigenvalue weighted by Crippen LogP contribution is 2.15. The summed E-state index contributed by atoms with van der Waals surface area (Å²) in [5, 5.41) is 9.40. The van der Waals surface area contributed by atoms with E-state index < -0.39 is 0 Å². The summed E-state index contributed by atoms with van der Waals surface area (Å²) in [7, 11) is 5.55. The van der Waals surface area contributed by atoms with Gasteiger partial charge in [-0.2, -0.15) is 0 Å². The van der Waals surface area contributed by atoms with Crippen LogP contribution in [0.25, 0.3) is 0 Å². The second kappa shape index (κ2) is 2.99. The number of aromatic hydroxyl groups is 1. The first-order chi connectivity index (χ1) is 5.15. The quantitative estimate of drug-likeness (QED) is 0.587. The molecule has 1 nitrogen and oxygen atoms in total. The Labute approximate surface area is 68.5 Å². The normalized spacial score (nSPS) is 10.0. The molecule has 0 fully saturated rings. The molecule has 0 unspecified atom stereocenters. The van der Waals surface area contributed by atoms with Crippen LogP contribution in [-0.4, -0.2) is 13.0 Å². The zero-order valence-electron chi connectivity index (χ0n) is 6.89. The highest BCUT2D eigenvalue weighted by molar-refractivity contribution is 6.34. The Bertz CT molecular complexity index is 269. The van der Waals surface area contributed by atoms with E-state index >= 15 is 0 Å². The van der Waals surface area contributed by atoms with E-state index in [1.54, 1.807) is 6.07 Å². The first-order valence-electron chi connectivity index (χ1n) is 3.73. The van der Waals surface area contributed by atoms with Gasteiger partial charge in [0.05, 0.1) is 0 Å². The smallest absolute Gasteiger partial charge is 0.119 e. The number of hydrogen-bond acceptors (Lipinski definition) is 1. The molecule has 1 rings (SSSR count). The van der Waals surface area contributed by atoms with Crippen molar-refractivity contribution in [3.63, 3.8) is 0 Å². The van der Waals surface area contributed by atoms with Crippen LogP contribution in [0, 0.1) is 6.92 Å². The van der Waals surface area contributed by atoms with Crippen molar-refractivity contribution in [1.82, 2.24) is 0 Å². The molecule has 56 valence electrons. The minimum atomic E-state index is 0.234. The zero-order valence-corrected chi connectivity index (χ0v) is 6.89. The minimum Gasteiger partial charge on any atom is -0.508 e. The first-order valence-corrected chi connectivity index (χ1v) is 3.73. The van der Waals surface area contributed by atoms with Crippen LogP contribution in [0.4, 0.5) is 0 Å². The van der Waals surface area contributed by atoms with Crippen molar-refractivity contribution in [2.75, 3.05) is 0 Å². The topological polar surface area (TPSA) is 20.2 Å². The van der Waals surface area contributed by atoms with Crippen molar-refractivity contribution in [3.8, 4) is 5.75 Å². The second-order valence-corrected chi connectivity index (χ2v) is 2.72. The molecule has 1 aromatic carbocycles. The summed E-state index contributed by atoms with van der Waals surface area (Å²) in [4.78, 5) is 0. The highest BCUT2D eigenvalue weighted by Gasteiger charge is 2.01. The second-order valence-electron chi connectivity index (χ2n) is 2.72. The van der Waals surface area contributed by atoms with Gasteiger partial charge in [-0.3, -0.25) is 0 Å². The van der Waals surface area contributed by atoms with Crippen LogP contribution in [-0.2, 0) is 6.42 Å². The molecule has 0 bridgehead atoms. The average molecular weight is 146 g/mol. The summed E-state index contributed by atoms with van der Waals surface area (Å²) in [5.41, 5.74) is 2.49. The monoisotopic (exact) mass is 146 g/mol. The number of phenolic OH excluding ortho intramolecular Hbond substituents is 1. The highest BCUT2D eigenvalue weighted by atomic mass is 16.3. The fourth-order valence-electron chi connectivity index (χ4n) is 1.15. The predicted molar refractivity (Wildman–Crippen MR) is 47.6 cm³/mol. The van der Waals surface area contributed by atoms with Crippen molar-refractivity contribution in [3.05, 3.63) is 23.3 Å². The van der Waals surface area contributed by atoms with Crippen LogP contribution in [0.15, 0.2) is 12.1 Å². The third-order valence-electron chi connectivity index (χ3n) is 1.74. The Morgan fingerprint density at radius 2 is 2.09 bits per heavy atom. The lowest BCUT2D eigenvalue weighted by Gasteiger charge is -2.06. The van der Waals surface area contributed by atoms with Crippen molar-refractivity contribution in [2.24, 2.45) is 0 Å². The van der Waals surface area contributed by atoms with Gasteiger partial charge in [0.1, 0.15) is 13.6 Å². The maximum Gasteiger partial charge on any atom is 0.119 e. The Balaban J connectivity index is 3.24. The molecule has 0 saturated carbocycles. The van der Waals surface area contributed by atoms with Gasteiger partial charge >= 0.3 is 0 Å². The predicted octanol–water partition coefficient (Wildman–Crippen LogP) is 1.06. The fourth-order valence-corrected chi connectivity index (χ4v) is 1.15. The van der Waals surface area contributed by atoms with Crippen LogP contribution in [0.5, 0.6) is 5.75 Å². The molecular weight excluding hydrogens is 135 g/mol. The zero-order chi connectivity index (χ0) is 8.43. The van der Waals surface area contributed by atoms with E-state index in [4.69, 9.17) is 7.85 Å². The van der Waals surface area contributed by atoms with Crippen LogP contribution < -0.4 is 5.46 Å². The maximum atomic E-state index is 9.40. The van der Waals surface area contributed by atoms with Gasteiger partial charge in [-0.25, -0.2) is 0 Å². The lowest BCUT2D eigenvalue weighted by atomic mass is 9.90. The average Bonchev–Trinajstić information content (AvgIpc) is 1.96. The van der Waals surface area contributed by atoms with Crippen LogP contribution in [0.3, 0.4) is 0 Å². The largest absolute Gasteiger partial charge is 0.508 e. The molecule has 1 N–H and O–H groups in total. The summed E-state index contributed by atoms with van der Waals surface area (Å²) >= 11 is 0. The molecule has 1 aromatic rings. The number of benzene rings is 1. The van der Waals surface area contributed by atoms with Crippen LogP contribution in [0.2, 0.25) is 0 Å². The molecule has 0 heterocycles. The fraction of sp³-hybridized carbons (Fsp3) is 0.333. The van der Waals surface area contributed by atoms with E-state index in [1.807, 2.05) is 19.9 Å². The summed E-state index contributed by atoms with van der Waals surface area (Å²) in [5.74, 6) is 0.234. The summed E-state index contributed by atoms with van der Waals surface area (Å²) < 4.78 is 0. The van der Waals surface area contributed by atoms with Crippen molar-refractivity contribution in [2.45, 2.75) is 20.3 Å². The molecule has 2 heteroatoms. The third-order valence-corrected chi connectivity index (χ3v) is 1.74. The molecule has 2 radical (unpaired) electrons. The van der Waals surface area contributed by atoms with E-state index in [1.165, 1.54) is 0 Å². The summed E-state index contributed by atoms with van der Waals surface area (Å²) in [6, 6.07) is 3.72.